The van der Waals surface area contributed by atoms with Crippen LogP contribution >= 0.6 is 0 Å². The lowest BCUT2D eigenvalue weighted by Gasteiger charge is -2.35. The number of hydrogen-bond acceptors (Lipinski definition) is 8. The molecule has 0 radical (unpaired) electrons. The van der Waals surface area contributed by atoms with Gasteiger partial charge in [0, 0.05) is 11.3 Å². The van der Waals surface area contributed by atoms with Crippen LogP contribution in [0, 0.1) is 11.3 Å². The summed E-state index contributed by atoms with van der Waals surface area (Å²) in [5.41, 5.74) is 3.50. The fraction of sp³-hybridized carbons (Fsp3) is 0.364. The molecular formula is C22H23N3O6. The van der Waals surface area contributed by atoms with Gasteiger partial charge in [0.15, 0.2) is 5.41 Å². The molecule has 2 aliphatic heterocycles. The van der Waals surface area contributed by atoms with Crippen LogP contribution in [0.15, 0.2) is 47.1 Å². The molecule has 0 bridgehead atoms. The number of carbonyl (C=O) groups excluding carboxylic acids is 3. The Bertz CT molecular complexity index is 1090. The summed E-state index contributed by atoms with van der Waals surface area (Å²) in [5, 5.41) is 9.96. The van der Waals surface area contributed by atoms with E-state index in [0.717, 1.165) is 0 Å². The minimum Gasteiger partial charge on any atom is -0.468 e. The molecule has 1 atom stereocenters. The number of nitrogens with zero attached hydrogens (tertiary/aromatic N) is 2. The van der Waals surface area contributed by atoms with Crippen molar-refractivity contribution in [3.05, 3.63) is 52.6 Å². The van der Waals surface area contributed by atoms with E-state index in [-0.39, 0.29) is 22.8 Å². The maximum Gasteiger partial charge on any atom is 0.339 e. The third-order valence-corrected chi connectivity index (χ3v) is 5.01. The molecule has 0 unspecified atom stereocenters. The minimum atomic E-state index is -1.91. The van der Waals surface area contributed by atoms with Crippen molar-refractivity contribution in [2.75, 3.05) is 18.6 Å². The van der Waals surface area contributed by atoms with Crippen molar-refractivity contribution in [1.29, 1.82) is 5.26 Å². The van der Waals surface area contributed by atoms with E-state index in [0.29, 0.717) is 11.3 Å². The summed E-state index contributed by atoms with van der Waals surface area (Å²) in [6.45, 7) is 6.11. The van der Waals surface area contributed by atoms with Crippen LogP contribution < -0.4 is 10.6 Å². The standard InChI is InChI=1S/C22H23N3O6/c1-12-17(19(27)31-21(2,3)4)22(14(10-23)18(24)30-12)13-8-6-7-9-15(13)25(20(22)28)11-16(26)29-5/h6-9H,11,24H2,1-5H3/t22-/m0/s1. The lowest BCUT2D eigenvalue weighted by molar-refractivity contribution is -0.151. The van der Waals surface area contributed by atoms with E-state index >= 15 is 0 Å². The summed E-state index contributed by atoms with van der Waals surface area (Å²) in [6, 6.07) is 8.51. The number of allylic oxidation sites excluding steroid dienone is 1. The molecule has 1 spiro atoms. The maximum absolute atomic E-state index is 13.9. The highest BCUT2D eigenvalue weighted by molar-refractivity contribution is 6.19. The second kappa shape index (κ2) is 7.47. The minimum absolute atomic E-state index is 0.0359. The number of rotatable bonds is 3. The van der Waals surface area contributed by atoms with Crippen LogP contribution in [0.1, 0.15) is 33.3 Å². The predicted molar refractivity (Wildman–Crippen MR) is 109 cm³/mol. The second-order valence-corrected chi connectivity index (χ2v) is 8.12. The van der Waals surface area contributed by atoms with Crippen molar-refractivity contribution >= 4 is 23.5 Å². The zero-order valence-electron chi connectivity index (χ0n) is 17.9. The summed E-state index contributed by atoms with van der Waals surface area (Å²) < 4.78 is 15.8. The molecule has 2 N–H and O–H groups in total. The van der Waals surface area contributed by atoms with Crippen LogP contribution in [0.4, 0.5) is 5.69 Å². The molecule has 1 aromatic rings. The van der Waals surface area contributed by atoms with Gasteiger partial charge in [-0.25, -0.2) is 4.79 Å². The van der Waals surface area contributed by atoms with E-state index in [1.165, 1.54) is 18.9 Å². The summed E-state index contributed by atoms with van der Waals surface area (Å²) in [4.78, 5) is 40.4. The molecule has 0 aliphatic carbocycles. The van der Waals surface area contributed by atoms with Gasteiger partial charge in [-0.2, -0.15) is 5.26 Å². The van der Waals surface area contributed by atoms with Crippen molar-refractivity contribution < 1.29 is 28.6 Å². The number of nitriles is 1. The number of esters is 2. The van der Waals surface area contributed by atoms with E-state index in [9.17, 15) is 19.6 Å². The van der Waals surface area contributed by atoms with E-state index in [1.54, 1.807) is 45.0 Å². The summed E-state index contributed by atoms with van der Waals surface area (Å²) in [6.07, 6.45) is 0. The van der Waals surface area contributed by atoms with Gasteiger partial charge in [-0.05, 0) is 33.8 Å². The Balaban J connectivity index is 2.35. The number of carbonyl (C=O) groups is 3. The first kappa shape index (κ1) is 21.9. The van der Waals surface area contributed by atoms with Crippen molar-refractivity contribution in [1.82, 2.24) is 0 Å². The molecule has 31 heavy (non-hydrogen) atoms. The number of benzene rings is 1. The number of fused-ring (bicyclic) bond motifs is 2. The van der Waals surface area contributed by atoms with Crippen LogP contribution in [0.3, 0.4) is 0 Å². The van der Waals surface area contributed by atoms with Gasteiger partial charge >= 0.3 is 11.9 Å². The van der Waals surface area contributed by atoms with Gasteiger partial charge in [-0.1, -0.05) is 18.2 Å². The van der Waals surface area contributed by atoms with Crippen molar-refractivity contribution in [2.24, 2.45) is 5.73 Å². The van der Waals surface area contributed by atoms with E-state index in [2.05, 4.69) is 0 Å². The average Bonchev–Trinajstić information content (AvgIpc) is 2.90. The number of hydrogen-bond donors (Lipinski definition) is 1. The number of methoxy groups -OCH3 is 1. The molecule has 0 aromatic heterocycles. The average molecular weight is 425 g/mol. The van der Waals surface area contributed by atoms with Gasteiger partial charge in [-0.3, -0.25) is 14.5 Å². The third-order valence-electron chi connectivity index (χ3n) is 5.01. The first-order valence-electron chi connectivity index (χ1n) is 9.50. The highest BCUT2D eigenvalue weighted by Crippen LogP contribution is 2.54. The molecule has 0 saturated heterocycles. The van der Waals surface area contributed by atoms with E-state index in [4.69, 9.17) is 19.9 Å². The number of ether oxygens (including phenoxy) is 3. The lowest BCUT2D eigenvalue weighted by atomic mass is 9.68. The quantitative estimate of drug-likeness (QED) is 0.725. The summed E-state index contributed by atoms with van der Waals surface area (Å²) in [7, 11) is 1.20. The lowest BCUT2D eigenvalue weighted by Crippen LogP contribution is -2.50. The molecule has 3 rings (SSSR count). The van der Waals surface area contributed by atoms with Gasteiger partial charge in [0.2, 0.25) is 11.8 Å². The molecule has 0 fully saturated rings. The fourth-order valence-corrected chi connectivity index (χ4v) is 3.89. The smallest absolute Gasteiger partial charge is 0.339 e. The Kier molecular flexibility index (Phi) is 5.28. The zero-order chi connectivity index (χ0) is 23.1. The molecule has 9 heteroatoms. The highest BCUT2D eigenvalue weighted by atomic mass is 16.6. The van der Waals surface area contributed by atoms with Crippen molar-refractivity contribution in [3.8, 4) is 6.07 Å². The second-order valence-electron chi connectivity index (χ2n) is 8.12. The van der Waals surface area contributed by atoms with Crippen LogP contribution in [0.25, 0.3) is 0 Å². The van der Waals surface area contributed by atoms with Gasteiger partial charge in [0.25, 0.3) is 0 Å². The first-order chi connectivity index (χ1) is 14.5. The molecule has 2 heterocycles. The van der Waals surface area contributed by atoms with Gasteiger partial charge < -0.3 is 19.9 Å². The van der Waals surface area contributed by atoms with Crippen molar-refractivity contribution in [3.63, 3.8) is 0 Å². The molecular weight excluding hydrogens is 402 g/mol. The van der Waals surface area contributed by atoms with E-state index < -0.39 is 35.4 Å². The van der Waals surface area contributed by atoms with Crippen LogP contribution in [0.5, 0.6) is 0 Å². The van der Waals surface area contributed by atoms with Gasteiger partial charge in [-0.15, -0.1) is 0 Å². The Labute approximate surface area is 179 Å². The Morgan fingerprint density at radius 1 is 1.29 bits per heavy atom. The number of amides is 1. The Morgan fingerprint density at radius 2 is 1.94 bits per heavy atom. The normalized spacial score (nSPS) is 20.4. The number of anilines is 1. The van der Waals surface area contributed by atoms with Crippen LogP contribution in [-0.4, -0.2) is 37.1 Å². The number of para-hydroxylation sites is 1. The largest absolute Gasteiger partial charge is 0.468 e. The first-order valence-corrected chi connectivity index (χ1v) is 9.50. The summed E-state index contributed by atoms with van der Waals surface area (Å²) >= 11 is 0. The monoisotopic (exact) mass is 425 g/mol. The molecule has 1 amide bonds. The zero-order valence-corrected chi connectivity index (χ0v) is 17.9. The molecule has 162 valence electrons. The van der Waals surface area contributed by atoms with E-state index in [1.807, 2.05) is 6.07 Å². The van der Waals surface area contributed by atoms with Crippen LogP contribution in [-0.2, 0) is 34.0 Å². The third kappa shape index (κ3) is 3.30. The molecule has 0 saturated carbocycles. The predicted octanol–water partition coefficient (Wildman–Crippen LogP) is 1.78. The van der Waals surface area contributed by atoms with Crippen LogP contribution in [0.2, 0.25) is 0 Å². The van der Waals surface area contributed by atoms with Gasteiger partial charge in [0.05, 0.1) is 7.11 Å². The Hall–Kier alpha value is -3.80. The maximum atomic E-state index is 13.9. The SMILES string of the molecule is COC(=O)CN1C(=O)[C@]2(C(C#N)=C(N)OC(C)=C2C(=O)OC(C)(C)C)c2ccccc21. The molecule has 2 aliphatic rings. The number of nitrogens with two attached hydrogens (primary N) is 1. The highest BCUT2D eigenvalue weighted by Gasteiger charge is 2.62. The topological polar surface area (TPSA) is 132 Å². The molecule has 9 nitrogen and oxygen atoms in total. The summed E-state index contributed by atoms with van der Waals surface area (Å²) in [5.74, 6) is -2.44. The molecule has 1 aromatic carbocycles. The van der Waals surface area contributed by atoms with Crippen molar-refractivity contribution in [2.45, 2.75) is 38.7 Å². The fourth-order valence-electron chi connectivity index (χ4n) is 3.89. The Morgan fingerprint density at radius 3 is 2.52 bits per heavy atom. The van der Waals surface area contributed by atoms with Gasteiger partial charge in [0.1, 0.15) is 35.1 Å².